The second-order valence-electron chi connectivity index (χ2n) is 3.21. The van der Waals surface area contributed by atoms with Gasteiger partial charge in [-0.05, 0) is 13.0 Å². The molecular formula is C12H19ClNO2-. The van der Waals surface area contributed by atoms with Crippen LogP contribution in [-0.4, -0.2) is 26.9 Å². The highest BCUT2D eigenvalue weighted by Gasteiger charge is 2.00. The Balaban J connectivity index is 0.00000225. The third-order valence-corrected chi connectivity index (χ3v) is 2.07. The van der Waals surface area contributed by atoms with Crippen molar-refractivity contribution in [2.24, 2.45) is 0 Å². The highest BCUT2D eigenvalue weighted by atomic mass is 35.5. The standard InChI is InChI=1S/C12H19NO2.ClH/c1-3-15-12-7-5-4-6-11(12)10-13-8-9-14-2;/h4-7,13H,3,8-10H2,1-2H3;1H/p-1. The Kier molecular flexibility index (Phi) is 9.00. The fourth-order valence-corrected chi connectivity index (χ4v) is 1.34. The summed E-state index contributed by atoms with van der Waals surface area (Å²) >= 11 is 0. The average Bonchev–Trinajstić information content (AvgIpc) is 2.27. The molecule has 0 saturated carbocycles. The van der Waals surface area contributed by atoms with Gasteiger partial charge < -0.3 is 27.2 Å². The predicted octanol–water partition coefficient (Wildman–Crippen LogP) is -1.17. The van der Waals surface area contributed by atoms with Gasteiger partial charge >= 0.3 is 0 Å². The van der Waals surface area contributed by atoms with Crippen LogP contribution in [-0.2, 0) is 11.3 Å². The average molecular weight is 245 g/mol. The third-order valence-electron chi connectivity index (χ3n) is 2.07. The molecule has 0 unspecified atom stereocenters. The maximum atomic E-state index is 5.52. The van der Waals surface area contributed by atoms with E-state index >= 15 is 0 Å². The van der Waals surface area contributed by atoms with E-state index in [4.69, 9.17) is 9.47 Å². The molecule has 1 rings (SSSR count). The zero-order valence-corrected chi connectivity index (χ0v) is 10.6. The molecule has 0 fully saturated rings. The maximum Gasteiger partial charge on any atom is 0.123 e. The van der Waals surface area contributed by atoms with E-state index in [0.717, 1.165) is 25.4 Å². The number of ether oxygens (including phenoxy) is 2. The van der Waals surface area contributed by atoms with Crippen LogP contribution in [0.25, 0.3) is 0 Å². The first-order chi connectivity index (χ1) is 7.38. The lowest BCUT2D eigenvalue weighted by atomic mass is 10.2. The Morgan fingerprint density at radius 1 is 1.25 bits per heavy atom. The Morgan fingerprint density at radius 3 is 2.69 bits per heavy atom. The predicted molar refractivity (Wildman–Crippen MR) is 61.2 cm³/mol. The fraction of sp³-hybridized carbons (Fsp3) is 0.500. The van der Waals surface area contributed by atoms with Gasteiger partial charge in [-0.15, -0.1) is 0 Å². The van der Waals surface area contributed by atoms with E-state index < -0.39 is 0 Å². The summed E-state index contributed by atoms with van der Waals surface area (Å²) in [5.41, 5.74) is 1.19. The van der Waals surface area contributed by atoms with Gasteiger partial charge in [-0.25, -0.2) is 0 Å². The number of hydrogen-bond acceptors (Lipinski definition) is 3. The number of hydrogen-bond donors (Lipinski definition) is 1. The van der Waals surface area contributed by atoms with Crippen molar-refractivity contribution in [3.63, 3.8) is 0 Å². The highest BCUT2D eigenvalue weighted by Crippen LogP contribution is 2.17. The fourth-order valence-electron chi connectivity index (χ4n) is 1.34. The van der Waals surface area contributed by atoms with Crippen molar-refractivity contribution in [1.82, 2.24) is 5.32 Å². The molecule has 1 N–H and O–H groups in total. The molecule has 0 aliphatic rings. The number of halogens is 1. The van der Waals surface area contributed by atoms with E-state index in [1.165, 1.54) is 5.56 Å². The summed E-state index contributed by atoms with van der Waals surface area (Å²) in [4.78, 5) is 0. The van der Waals surface area contributed by atoms with Crippen molar-refractivity contribution >= 4 is 0 Å². The van der Waals surface area contributed by atoms with Gasteiger partial charge in [0.2, 0.25) is 0 Å². The summed E-state index contributed by atoms with van der Waals surface area (Å²) < 4.78 is 10.5. The molecule has 0 saturated heterocycles. The first kappa shape index (κ1) is 15.2. The van der Waals surface area contributed by atoms with Gasteiger partial charge in [0.1, 0.15) is 5.75 Å². The van der Waals surface area contributed by atoms with Crippen LogP contribution in [0.2, 0.25) is 0 Å². The van der Waals surface area contributed by atoms with Crippen LogP contribution >= 0.6 is 0 Å². The summed E-state index contributed by atoms with van der Waals surface area (Å²) in [6.07, 6.45) is 0. The van der Waals surface area contributed by atoms with Crippen molar-refractivity contribution in [2.45, 2.75) is 13.5 Å². The first-order valence-corrected chi connectivity index (χ1v) is 5.28. The lowest BCUT2D eigenvalue weighted by Gasteiger charge is -2.10. The van der Waals surface area contributed by atoms with Gasteiger partial charge in [0, 0.05) is 25.8 Å². The minimum Gasteiger partial charge on any atom is -1.00 e. The van der Waals surface area contributed by atoms with Gasteiger partial charge in [0.15, 0.2) is 0 Å². The maximum absolute atomic E-state index is 5.52. The van der Waals surface area contributed by atoms with Crippen LogP contribution in [0.1, 0.15) is 12.5 Å². The normalized spacial score (nSPS) is 9.62. The van der Waals surface area contributed by atoms with E-state index in [2.05, 4.69) is 11.4 Å². The summed E-state index contributed by atoms with van der Waals surface area (Å²) in [7, 11) is 1.70. The summed E-state index contributed by atoms with van der Waals surface area (Å²) in [6, 6.07) is 8.08. The minimum absolute atomic E-state index is 0. The van der Waals surface area contributed by atoms with Crippen LogP contribution in [0.5, 0.6) is 5.75 Å². The van der Waals surface area contributed by atoms with Gasteiger partial charge in [0.05, 0.1) is 13.2 Å². The van der Waals surface area contributed by atoms with Gasteiger partial charge in [-0.1, -0.05) is 18.2 Å². The number of nitrogens with one attached hydrogen (secondary N) is 1. The monoisotopic (exact) mass is 244 g/mol. The second-order valence-corrected chi connectivity index (χ2v) is 3.21. The topological polar surface area (TPSA) is 30.5 Å². The largest absolute Gasteiger partial charge is 1.00 e. The molecule has 0 aliphatic heterocycles. The Labute approximate surface area is 104 Å². The molecule has 0 heterocycles. The lowest BCUT2D eigenvalue weighted by Crippen LogP contribution is -3.00. The van der Waals surface area contributed by atoms with Crippen LogP contribution in [0, 0.1) is 0 Å². The SMILES string of the molecule is CCOc1ccccc1CNCCOC.[Cl-]. The molecule has 4 heteroatoms. The quantitative estimate of drug-likeness (QED) is 0.613. The molecule has 92 valence electrons. The van der Waals surface area contributed by atoms with Crippen molar-refractivity contribution < 1.29 is 21.9 Å². The smallest absolute Gasteiger partial charge is 0.123 e. The van der Waals surface area contributed by atoms with E-state index in [1.54, 1.807) is 7.11 Å². The first-order valence-electron chi connectivity index (χ1n) is 5.28. The molecule has 0 atom stereocenters. The van der Waals surface area contributed by atoms with Gasteiger partial charge in [-0.2, -0.15) is 0 Å². The summed E-state index contributed by atoms with van der Waals surface area (Å²) in [5, 5.41) is 3.30. The van der Waals surface area contributed by atoms with E-state index in [9.17, 15) is 0 Å². The molecule has 1 aromatic rings. The van der Waals surface area contributed by atoms with E-state index in [-0.39, 0.29) is 12.4 Å². The molecule has 0 amide bonds. The molecule has 16 heavy (non-hydrogen) atoms. The number of para-hydroxylation sites is 1. The van der Waals surface area contributed by atoms with Crippen LogP contribution in [0.15, 0.2) is 24.3 Å². The number of methoxy groups -OCH3 is 1. The minimum atomic E-state index is 0. The molecular weight excluding hydrogens is 226 g/mol. The van der Waals surface area contributed by atoms with Crippen molar-refractivity contribution in [3.05, 3.63) is 29.8 Å². The molecule has 0 radical (unpaired) electrons. The molecule has 0 spiro atoms. The zero-order valence-electron chi connectivity index (χ0n) is 9.83. The van der Waals surface area contributed by atoms with E-state index in [1.807, 2.05) is 25.1 Å². The van der Waals surface area contributed by atoms with Crippen molar-refractivity contribution in [3.8, 4) is 5.75 Å². The molecule has 3 nitrogen and oxygen atoms in total. The van der Waals surface area contributed by atoms with Crippen LogP contribution < -0.4 is 22.5 Å². The summed E-state index contributed by atoms with van der Waals surface area (Å²) in [6.45, 7) is 5.11. The Morgan fingerprint density at radius 2 is 2.00 bits per heavy atom. The van der Waals surface area contributed by atoms with Crippen LogP contribution in [0.3, 0.4) is 0 Å². The van der Waals surface area contributed by atoms with Crippen LogP contribution in [0.4, 0.5) is 0 Å². The third kappa shape index (κ3) is 5.35. The number of benzene rings is 1. The van der Waals surface area contributed by atoms with Crippen molar-refractivity contribution in [1.29, 1.82) is 0 Å². The molecule has 0 aliphatic carbocycles. The lowest BCUT2D eigenvalue weighted by molar-refractivity contribution is -0.00000404. The zero-order chi connectivity index (χ0) is 10.9. The molecule has 1 aromatic carbocycles. The van der Waals surface area contributed by atoms with Crippen molar-refractivity contribution in [2.75, 3.05) is 26.9 Å². The van der Waals surface area contributed by atoms with E-state index in [0.29, 0.717) is 6.61 Å². The second kappa shape index (κ2) is 9.46. The highest BCUT2D eigenvalue weighted by molar-refractivity contribution is 5.33. The van der Waals surface area contributed by atoms with Gasteiger partial charge in [-0.3, -0.25) is 0 Å². The molecule has 0 aromatic heterocycles. The Bertz CT molecular complexity index is 281. The van der Waals surface area contributed by atoms with Gasteiger partial charge in [0.25, 0.3) is 0 Å². The number of rotatable bonds is 7. The molecule has 0 bridgehead atoms. The Hall–Kier alpha value is -0.770. The summed E-state index contributed by atoms with van der Waals surface area (Å²) in [5.74, 6) is 0.963.